The molecule has 1 N–H and O–H groups in total. The molecule has 2 heteroatoms. The minimum Gasteiger partial charge on any atom is -0.313 e. The predicted octanol–water partition coefficient (Wildman–Crippen LogP) is 3.70. The van der Waals surface area contributed by atoms with E-state index in [2.05, 4.69) is 12.2 Å². The highest BCUT2D eigenvalue weighted by molar-refractivity contribution is 5.80. The Morgan fingerprint density at radius 2 is 1.38 bits per heavy atom. The average molecular weight is 227 g/mol. The van der Waals surface area contributed by atoms with Gasteiger partial charge in [-0.15, -0.1) is 0 Å². The Bertz CT molecular complexity index is 157. The maximum absolute atomic E-state index is 11.2. The van der Waals surface area contributed by atoms with Crippen LogP contribution in [0, 0.1) is 0 Å². The maximum Gasteiger partial charge on any atom is 0.146 e. The Balaban J connectivity index is 3.01. The van der Waals surface area contributed by atoms with Crippen LogP contribution in [0.15, 0.2) is 0 Å². The van der Waals surface area contributed by atoms with Crippen LogP contribution in [0.4, 0.5) is 0 Å². The molecular weight excluding hydrogens is 198 g/mol. The van der Waals surface area contributed by atoms with E-state index in [1.54, 1.807) is 0 Å². The van der Waals surface area contributed by atoms with Crippen molar-refractivity contribution in [3.63, 3.8) is 0 Å². The van der Waals surface area contributed by atoms with Crippen LogP contribution in [0.25, 0.3) is 0 Å². The van der Waals surface area contributed by atoms with Gasteiger partial charge in [0.1, 0.15) is 5.78 Å². The number of rotatable bonds is 12. The van der Waals surface area contributed by atoms with Gasteiger partial charge in [-0.2, -0.15) is 0 Å². The number of ketones is 1. The third-order valence-electron chi connectivity index (χ3n) is 2.93. The topological polar surface area (TPSA) is 29.1 Å². The molecule has 0 radical (unpaired) electrons. The summed E-state index contributed by atoms with van der Waals surface area (Å²) in [5.74, 6) is 0.352. The first kappa shape index (κ1) is 15.6. The summed E-state index contributed by atoms with van der Waals surface area (Å²) < 4.78 is 0. The van der Waals surface area contributed by atoms with Crippen molar-refractivity contribution in [3.05, 3.63) is 0 Å². The summed E-state index contributed by atoms with van der Waals surface area (Å²) in [6.45, 7) is 2.79. The summed E-state index contributed by atoms with van der Waals surface area (Å²) in [5, 5.41) is 2.90. The van der Waals surface area contributed by atoms with Gasteiger partial charge in [-0.25, -0.2) is 0 Å². The molecule has 0 aromatic rings. The van der Waals surface area contributed by atoms with E-state index in [0.717, 1.165) is 12.8 Å². The first-order chi connectivity index (χ1) is 7.81. The summed E-state index contributed by atoms with van der Waals surface area (Å²) >= 11 is 0. The largest absolute Gasteiger partial charge is 0.313 e. The normalized spacial score (nSPS) is 10.6. The van der Waals surface area contributed by atoms with Crippen molar-refractivity contribution >= 4 is 5.78 Å². The molecular formula is C14H29NO. The molecule has 0 amide bonds. The Hall–Kier alpha value is -0.370. The summed E-state index contributed by atoms with van der Waals surface area (Å²) in [6, 6.07) is 0. The minimum absolute atomic E-state index is 0.352. The summed E-state index contributed by atoms with van der Waals surface area (Å²) in [5.41, 5.74) is 0. The van der Waals surface area contributed by atoms with Crippen molar-refractivity contribution < 1.29 is 4.79 Å². The van der Waals surface area contributed by atoms with E-state index in [9.17, 15) is 4.79 Å². The molecule has 0 aromatic heterocycles. The number of likely N-dealkylation sites (N-methyl/N-ethyl adjacent to an activating group) is 1. The van der Waals surface area contributed by atoms with Crippen LogP contribution >= 0.6 is 0 Å². The molecule has 0 atom stereocenters. The highest BCUT2D eigenvalue weighted by Crippen LogP contribution is 2.10. The van der Waals surface area contributed by atoms with Gasteiger partial charge in [-0.05, 0) is 13.5 Å². The molecule has 0 saturated heterocycles. The highest BCUT2D eigenvalue weighted by atomic mass is 16.1. The number of carbonyl (C=O) groups is 1. The third kappa shape index (κ3) is 11.7. The molecule has 0 spiro atoms. The zero-order chi connectivity index (χ0) is 12.1. The number of carbonyl (C=O) groups excluding carboxylic acids is 1. The Labute approximate surface area is 101 Å². The van der Waals surface area contributed by atoms with Crippen molar-refractivity contribution in [2.45, 2.75) is 71.1 Å². The lowest BCUT2D eigenvalue weighted by molar-refractivity contribution is -0.118. The fraction of sp³-hybridized carbons (Fsp3) is 0.929. The second kappa shape index (κ2) is 12.7. The first-order valence-electron chi connectivity index (χ1n) is 6.97. The van der Waals surface area contributed by atoms with Crippen LogP contribution in [0.2, 0.25) is 0 Å². The van der Waals surface area contributed by atoms with Gasteiger partial charge in [-0.1, -0.05) is 58.3 Å². The molecule has 0 rings (SSSR count). The monoisotopic (exact) mass is 227 g/mol. The van der Waals surface area contributed by atoms with Gasteiger partial charge >= 0.3 is 0 Å². The SMILES string of the molecule is CCCCCCCCCCCC(=O)CNC. The van der Waals surface area contributed by atoms with E-state index >= 15 is 0 Å². The second-order valence-electron chi connectivity index (χ2n) is 4.65. The van der Waals surface area contributed by atoms with Gasteiger partial charge in [0.2, 0.25) is 0 Å². The number of hydrogen-bond acceptors (Lipinski definition) is 2. The summed E-state index contributed by atoms with van der Waals surface area (Å²) in [6.07, 6.45) is 12.6. The van der Waals surface area contributed by atoms with Gasteiger partial charge in [0.25, 0.3) is 0 Å². The van der Waals surface area contributed by atoms with E-state index in [-0.39, 0.29) is 0 Å². The molecule has 16 heavy (non-hydrogen) atoms. The van der Waals surface area contributed by atoms with Gasteiger partial charge in [-0.3, -0.25) is 4.79 Å². The fourth-order valence-electron chi connectivity index (χ4n) is 1.92. The van der Waals surface area contributed by atoms with Gasteiger partial charge in [0, 0.05) is 6.42 Å². The first-order valence-corrected chi connectivity index (χ1v) is 6.97. The Morgan fingerprint density at radius 1 is 0.875 bits per heavy atom. The van der Waals surface area contributed by atoms with Crippen molar-refractivity contribution in [2.24, 2.45) is 0 Å². The van der Waals surface area contributed by atoms with Crippen LogP contribution in [0.3, 0.4) is 0 Å². The zero-order valence-corrected chi connectivity index (χ0v) is 11.2. The maximum atomic E-state index is 11.2. The number of hydrogen-bond donors (Lipinski definition) is 1. The molecule has 96 valence electrons. The van der Waals surface area contributed by atoms with Crippen molar-refractivity contribution in [1.29, 1.82) is 0 Å². The quantitative estimate of drug-likeness (QED) is 0.515. The van der Waals surface area contributed by atoms with E-state index in [4.69, 9.17) is 0 Å². The van der Waals surface area contributed by atoms with Gasteiger partial charge < -0.3 is 5.32 Å². The molecule has 2 nitrogen and oxygen atoms in total. The Kier molecular flexibility index (Phi) is 12.4. The van der Waals surface area contributed by atoms with E-state index < -0.39 is 0 Å². The van der Waals surface area contributed by atoms with Crippen molar-refractivity contribution in [3.8, 4) is 0 Å². The zero-order valence-electron chi connectivity index (χ0n) is 11.2. The molecule has 0 fully saturated rings. The lowest BCUT2D eigenvalue weighted by Gasteiger charge is -2.02. The van der Waals surface area contributed by atoms with Crippen molar-refractivity contribution in [2.75, 3.05) is 13.6 Å². The Morgan fingerprint density at radius 3 is 1.88 bits per heavy atom. The van der Waals surface area contributed by atoms with Crippen LogP contribution in [-0.4, -0.2) is 19.4 Å². The van der Waals surface area contributed by atoms with Crippen LogP contribution < -0.4 is 5.32 Å². The predicted molar refractivity (Wildman–Crippen MR) is 70.8 cm³/mol. The third-order valence-corrected chi connectivity index (χ3v) is 2.93. The second-order valence-corrected chi connectivity index (χ2v) is 4.65. The van der Waals surface area contributed by atoms with E-state index in [1.807, 2.05) is 7.05 Å². The molecule has 0 bridgehead atoms. The number of Topliss-reactive ketones (excluding diaryl/α,β-unsaturated/α-hetero) is 1. The smallest absolute Gasteiger partial charge is 0.146 e. The molecule has 0 aliphatic rings. The summed E-state index contributed by atoms with van der Waals surface area (Å²) in [4.78, 5) is 11.2. The molecule has 0 saturated carbocycles. The van der Waals surface area contributed by atoms with Crippen molar-refractivity contribution in [1.82, 2.24) is 5.32 Å². The lowest BCUT2D eigenvalue weighted by Crippen LogP contribution is -2.17. The van der Waals surface area contributed by atoms with Gasteiger partial charge in [0.05, 0.1) is 6.54 Å². The number of nitrogens with one attached hydrogen (secondary N) is 1. The van der Waals surface area contributed by atoms with Crippen LogP contribution in [-0.2, 0) is 4.79 Å². The van der Waals surface area contributed by atoms with Gasteiger partial charge in [0.15, 0.2) is 0 Å². The van der Waals surface area contributed by atoms with Crippen LogP contribution in [0.5, 0.6) is 0 Å². The molecule has 0 unspecified atom stereocenters. The molecule has 0 aliphatic carbocycles. The molecule has 0 aliphatic heterocycles. The van der Waals surface area contributed by atoms with E-state index in [1.165, 1.54) is 51.4 Å². The standard InChI is InChI=1S/C14H29NO/c1-3-4-5-6-7-8-9-10-11-12-14(16)13-15-2/h15H,3-13H2,1-2H3. The lowest BCUT2D eigenvalue weighted by atomic mass is 10.1. The molecule has 0 heterocycles. The minimum atomic E-state index is 0.352. The average Bonchev–Trinajstić information content (AvgIpc) is 2.27. The van der Waals surface area contributed by atoms with E-state index in [0.29, 0.717) is 12.3 Å². The number of unbranched alkanes of at least 4 members (excludes halogenated alkanes) is 8. The highest BCUT2D eigenvalue weighted by Gasteiger charge is 1.99. The summed E-state index contributed by atoms with van der Waals surface area (Å²) in [7, 11) is 1.83. The molecule has 0 aromatic carbocycles. The fourth-order valence-corrected chi connectivity index (χ4v) is 1.92. The van der Waals surface area contributed by atoms with Crippen LogP contribution in [0.1, 0.15) is 71.1 Å².